The summed E-state index contributed by atoms with van der Waals surface area (Å²) in [5.41, 5.74) is 1.65. The topological polar surface area (TPSA) is 32.3 Å². The Balaban J connectivity index is 2.21. The second-order valence-corrected chi connectivity index (χ2v) is 4.70. The predicted molar refractivity (Wildman–Crippen MR) is 74.9 cm³/mol. The molecule has 3 nitrogen and oxygen atoms in total. The fourth-order valence-corrected chi connectivity index (χ4v) is 2.40. The fourth-order valence-electron chi connectivity index (χ4n) is 2.40. The van der Waals surface area contributed by atoms with E-state index in [9.17, 15) is 4.79 Å². The van der Waals surface area contributed by atoms with Gasteiger partial charge in [-0.3, -0.25) is 4.79 Å². The van der Waals surface area contributed by atoms with Crippen molar-refractivity contribution in [3.8, 4) is 0 Å². The summed E-state index contributed by atoms with van der Waals surface area (Å²) in [5.74, 6) is 0.132. The van der Waals surface area contributed by atoms with Crippen molar-refractivity contribution < 1.29 is 4.79 Å². The molecule has 1 aliphatic heterocycles. The summed E-state index contributed by atoms with van der Waals surface area (Å²) in [5, 5.41) is 3.22. The minimum atomic E-state index is 0.132. The van der Waals surface area contributed by atoms with Crippen LogP contribution >= 0.6 is 0 Å². The van der Waals surface area contributed by atoms with Crippen LogP contribution in [0.5, 0.6) is 0 Å². The molecule has 2 rings (SSSR count). The van der Waals surface area contributed by atoms with E-state index in [4.69, 9.17) is 0 Å². The summed E-state index contributed by atoms with van der Waals surface area (Å²) in [4.78, 5) is 14.5. The Kier molecular flexibility index (Phi) is 4.03. The standard InChI is InChI=1S/C15H20N2O/c1-3-10-16-14-9-5-4-8-13(14)15(18)17-11-6-7-12(17)2/h3-5,8-9,12,16H,1,6-7,10-11H2,2H3/t12-/m0/s1. The summed E-state index contributed by atoms with van der Waals surface area (Å²) < 4.78 is 0. The number of carbonyl (C=O) groups is 1. The lowest BCUT2D eigenvalue weighted by molar-refractivity contribution is 0.0748. The molecular weight excluding hydrogens is 224 g/mol. The number of carbonyl (C=O) groups excluding carboxylic acids is 1. The van der Waals surface area contributed by atoms with E-state index in [1.807, 2.05) is 29.2 Å². The first kappa shape index (κ1) is 12.7. The van der Waals surface area contributed by atoms with Gasteiger partial charge in [0.1, 0.15) is 0 Å². The zero-order valence-electron chi connectivity index (χ0n) is 10.9. The largest absolute Gasteiger partial charge is 0.381 e. The van der Waals surface area contributed by atoms with Crippen LogP contribution in [-0.4, -0.2) is 29.9 Å². The molecule has 1 heterocycles. The monoisotopic (exact) mass is 244 g/mol. The van der Waals surface area contributed by atoms with Gasteiger partial charge in [-0.2, -0.15) is 0 Å². The lowest BCUT2D eigenvalue weighted by Crippen LogP contribution is -2.34. The Morgan fingerprint density at radius 3 is 3.00 bits per heavy atom. The molecule has 0 unspecified atom stereocenters. The average molecular weight is 244 g/mol. The number of para-hydroxylation sites is 1. The molecule has 0 bridgehead atoms. The molecule has 0 aromatic heterocycles. The first-order valence-electron chi connectivity index (χ1n) is 6.49. The summed E-state index contributed by atoms with van der Waals surface area (Å²) in [6.07, 6.45) is 4.00. The van der Waals surface area contributed by atoms with Gasteiger partial charge in [0.25, 0.3) is 5.91 Å². The summed E-state index contributed by atoms with van der Waals surface area (Å²) in [7, 11) is 0. The zero-order chi connectivity index (χ0) is 13.0. The first-order valence-corrected chi connectivity index (χ1v) is 6.49. The van der Waals surface area contributed by atoms with Gasteiger partial charge >= 0.3 is 0 Å². The zero-order valence-corrected chi connectivity index (χ0v) is 10.9. The van der Waals surface area contributed by atoms with Crippen molar-refractivity contribution in [3.63, 3.8) is 0 Å². The third-order valence-electron chi connectivity index (χ3n) is 3.41. The summed E-state index contributed by atoms with van der Waals surface area (Å²) in [6.45, 7) is 7.34. The molecule has 0 aliphatic carbocycles. The van der Waals surface area contributed by atoms with Crippen LogP contribution in [0.25, 0.3) is 0 Å². The van der Waals surface area contributed by atoms with E-state index in [1.54, 1.807) is 6.08 Å². The molecule has 1 aromatic carbocycles. The molecule has 1 aromatic rings. The van der Waals surface area contributed by atoms with Crippen LogP contribution in [0.1, 0.15) is 30.1 Å². The van der Waals surface area contributed by atoms with Gasteiger partial charge in [0.05, 0.1) is 5.56 Å². The number of rotatable bonds is 4. The quantitative estimate of drug-likeness (QED) is 0.826. The average Bonchev–Trinajstić information content (AvgIpc) is 2.82. The van der Waals surface area contributed by atoms with Gasteiger partial charge in [0.15, 0.2) is 0 Å². The van der Waals surface area contributed by atoms with Gasteiger partial charge in [0.2, 0.25) is 0 Å². The van der Waals surface area contributed by atoms with Crippen LogP contribution in [0, 0.1) is 0 Å². The lowest BCUT2D eigenvalue weighted by Gasteiger charge is -2.23. The second-order valence-electron chi connectivity index (χ2n) is 4.70. The molecule has 1 amide bonds. The highest BCUT2D eigenvalue weighted by molar-refractivity contribution is 5.99. The predicted octanol–water partition coefficient (Wildman–Crippen LogP) is 2.91. The summed E-state index contributed by atoms with van der Waals surface area (Å²) >= 11 is 0. The maximum absolute atomic E-state index is 12.5. The van der Waals surface area contributed by atoms with Gasteiger partial charge in [-0.25, -0.2) is 0 Å². The number of hydrogen-bond donors (Lipinski definition) is 1. The van der Waals surface area contributed by atoms with Crippen molar-refractivity contribution in [2.45, 2.75) is 25.8 Å². The van der Waals surface area contributed by atoms with Crippen LogP contribution in [0.4, 0.5) is 5.69 Å². The van der Waals surface area contributed by atoms with Gasteiger partial charge in [0, 0.05) is 24.8 Å². The first-order chi connectivity index (χ1) is 8.74. The number of likely N-dealkylation sites (tertiary alicyclic amines) is 1. The van der Waals surface area contributed by atoms with Gasteiger partial charge < -0.3 is 10.2 Å². The van der Waals surface area contributed by atoms with E-state index in [-0.39, 0.29) is 5.91 Å². The second kappa shape index (κ2) is 5.71. The van der Waals surface area contributed by atoms with Crippen LogP contribution < -0.4 is 5.32 Å². The molecule has 1 aliphatic rings. The van der Waals surface area contributed by atoms with Gasteiger partial charge in [-0.05, 0) is 31.9 Å². The minimum Gasteiger partial charge on any atom is -0.381 e. The SMILES string of the molecule is C=CCNc1ccccc1C(=O)N1CCC[C@@H]1C. The Morgan fingerprint density at radius 1 is 1.56 bits per heavy atom. The highest BCUT2D eigenvalue weighted by Gasteiger charge is 2.27. The van der Waals surface area contributed by atoms with Crippen molar-refractivity contribution in [1.29, 1.82) is 0 Å². The minimum absolute atomic E-state index is 0.132. The molecule has 3 heteroatoms. The number of anilines is 1. The Hall–Kier alpha value is -1.77. The molecule has 0 radical (unpaired) electrons. The van der Waals surface area contributed by atoms with E-state index in [2.05, 4.69) is 18.8 Å². The molecule has 0 spiro atoms. The number of amides is 1. The van der Waals surface area contributed by atoms with Crippen LogP contribution in [-0.2, 0) is 0 Å². The number of benzene rings is 1. The van der Waals surface area contributed by atoms with Crippen molar-refractivity contribution in [2.24, 2.45) is 0 Å². The lowest BCUT2D eigenvalue weighted by atomic mass is 10.1. The van der Waals surface area contributed by atoms with E-state index in [1.165, 1.54) is 0 Å². The van der Waals surface area contributed by atoms with Crippen molar-refractivity contribution in [2.75, 3.05) is 18.4 Å². The molecule has 1 N–H and O–H groups in total. The molecular formula is C15H20N2O. The molecule has 0 saturated carbocycles. The maximum Gasteiger partial charge on any atom is 0.256 e. The van der Waals surface area contributed by atoms with Crippen molar-refractivity contribution >= 4 is 11.6 Å². The summed E-state index contributed by atoms with van der Waals surface area (Å²) in [6, 6.07) is 8.03. The number of nitrogens with one attached hydrogen (secondary N) is 1. The Labute approximate surface area is 108 Å². The molecule has 1 saturated heterocycles. The normalized spacial score (nSPS) is 18.7. The van der Waals surface area contributed by atoms with Crippen molar-refractivity contribution in [1.82, 2.24) is 4.90 Å². The van der Waals surface area contributed by atoms with E-state index < -0.39 is 0 Å². The number of nitrogens with zero attached hydrogens (tertiary/aromatic N) is 1. The van der Waals surface area contributed by atoms with Crippen LogP contribution in [0.2, 0.25) is 0 Å². The van der Waals surface area contributed by atoms with Gasteiger partial charge in [-0.15, -0.1) is 6.58 Å². The molecule has 1 fully saturated rings. The molecule has 96 valence electrons. The molecule has 18 heavy (non-hydrogen) atoms. The van der Waals surface area contributed by atoms with Crippen LogP contribution in [0.3, 0.4) is 0 Å². The van der Waals surface area contributed by atoms with Crippen molar-refractivity contribution in [3.05, 3.63) is 42.5 Å². The van der Waals surface area contributed by atoms with E-state index >= 15 is 0 Å². The third-order valence-corrected chi connectivity index (χ3v) is 3.41. The maximum atomic E-state index is 12.5. The van der Waals surface area contributed by atoms with Crippen LogP contribution in [0.15, 0.2) is 36.9 Å². The van der Waals surface area contributed by atoms with Gasteiger partial charge in [-0.1, -0.05) is 18.2 Å². The van der Waals surface area contributed by atoms with E-state index in [0.717, 1.165) is 30.6 Å². The fraction of sp³-hybridized carbons (Fsp3) is 0.400. The highest BCUT2D eigenvalue weighted by Crippen LogP contribution is 2.23. The Bertz CT molecular complexity index is 442. The Morgan fingerprint density at radius 2 is 2.33 bits per heavy atom. The highest BCUT2D eigenvalue weighted by atomic mass is 16.2. The molecule has 1 atom stereocenters. The third kappa shape index (κ3) is 2.55. The van der Waals surface area contributed by atoms with E-state index in [0.29, 0.717) is 12.6 Å². The number of hydrogen-bond acceptors (Lipinski definition) is 2. The smallest absolute Gasteiger partial charge is 0.256 e.